The molecule has 0 aromatic heterocycles. The molecule has 9 nitrogen and oxygen atoms in total. The number of nitrogens with zero attached hydrogens (tertiary/aromatic N) is 1. The van der Waals surface area contributed by atoms with Crippen LogP contribution in [0.4, 0.5) is 0 Å². The van der Waals surface area contributed by atoms with Gasteiger partial charge in [0.1, 0.15) is 13.2 Å². The van der Waals surface area contributed by atoms with E-state index in [-0.39, 0.29) is 32.2 Å². The summed E-state index contributed by atoms with van der Waals surface area (Å²) in [6.07, 6.45) is 105. The summed E-state index contributed by atoms with van der Waals surface area (Å²) in [5, 5.41) is 11.9. The van der Waals surface area contributed by atoms with Gasteiger partial charge in [-0.15, -0.1) is 0 Å². The Labute approximate surface area is 601 Å². The zero-order valence-corrected chi connectivity index (χ0v) is 64.4. The van der Waals surface area contributed by atoms with E-state index in [2.05, 4.69) is 111 Å². The second-order valence-electron chi connectivity index (χ2n) is 29.0. The normalized spacial score (nSPS) is 13.1. The molecule has 0 rings (SSSR count). The molecule has 0 aliphatic carbocycles. The lowest BCUT2D eigenvalue weighted by atomic mass is 10.0. The first-order valence-electron chi connectivity index (χ1n) is 41.4. The molecule has 0 aromatic carbocycles. The molecular formula is C88H157NO8. The molecule has 0 saturated heterocycles. The second kappa shape index (κ2) is 77.9. The van der Waals surface area contributed by atoms with Gasteiger partial charge in [-0.3, -0.25) is 9.59 Å². The molecule has 0 aliphatic heterocycles. The van der Waals surface area contributed by atoms with Gasteiger partial charge in [0.15, 0.2) is 12.4 Å². The third-order valence-electron chi connectivity index (χ3n) is 18.3. The first-order valence-corrected chi connectivity index (χ1v) is 41.4. The van der Waals surface area contributed by atoms with Gasteiger partial charge in [-0.25, -0.2) is 0 Å². The zero-order valence-electron chi connectivity index (χ0n) is 64.4. The van der Waals surface area contributed by atoms with Crippen LogP contribution in [0.2, 0.25) is 0 Å². The summed E-state index contributed by atoms with van der Waals surface area (Å²) >= 11 is 0. The monoisotopic (exact) mass is 1360 g/mol. The van der Waals surface area contributed by atoms with E-state index in [9.17, 15) is 19.5 Å². The van der Waals surface area contributed by atoms with Crippen LogP contribution in [0, 0.1) is 0 Å². The van der Waals surface area contributed by atoms with E-state index in [4.69, 9.17) is 18.9 Å². The lowest BCUT2D eigenvalue weighted by Crippen LogP contribution is -2.44. The number of hydrogen-bond donors (Lipinski definition) is 0. The van der Waals surface area contributed by atoms with Gasteiger partial charge in [-0.1, -0.05) is 381 Å². The quantitative estimate of drug-likeness (QED) is 0.0195. The number of allylic oxidation sites excluding steroid dienone is 16. The van der Waals surface area contributed by atoms with Crippen LogP contribution in [0.25, 0.3) is 0 Å². The number of ether oxygens (including phenoxy) is 4. The molecule has 0 amide bonds. The summed E-state index contributed by atoms with van der Waals surface area (Å²) in [6.45, 7) is 4.58. The molecule has 0 N–H and O–H groups in total. The van der Waals surface area contributed by atoms with Crippen LogP contribution in [-0.4, -0.2) is 82.3 Å². The first kappa shape index (κ1) is 93.2. The maximum atomic E-state index is 13.0. The van der Waals surface area contributed by atoms with E-state index >= 15 is 0 Å². The molecule has 562 valence electrons. The van der Waals surface area contributed by atoms with Crippen LogP contribution < -0.4 is 5.11 Å². The number of quaternary nitrogens is 1. The Balaban J connectivity index is 3.95. The average molecular weight is 1360 g/mol. The molecule has 97 heavy (non-hydrogen) atoms. The number of rotatable bonds is 77. The Morgan fingerprint density at radius 2 is 0.557 bits per heavy atom. The van der Waals surface area contributed by atoms with E-state index < -0.39 is 24.3 Å². The van der Waals surface area contributed by atoms with Crippen LogP contribution in [0.3, 0.4) is 0 Å². The third kappa shape index (κ3) is 79.4. The smallest absolute Gasteiger partial charge is 0.306 e. The maximum Gasteiger partial charge on any atom is 0.306 e. The fraction of sp³-hybridized carbons (Fsp3) is 0.784. The number of carboxylic acid groups (broad SMARTS) is 1. The summed E-state index contributed by atoms with van der Waals surface area (Å²) in [5.74, 6) is -2.26. The molecule has 0 saturated carbocycles. The van der Waals surface area contributed by atoms with Crippen LogP contribution >= 0.6 is 0 Å². The molecule has 2 atom stereocenters. The molecule has 0 bridgehead atoms. The SMILES string of the molecule is CC/C=C\C/C=C\C/C=C\C/C=C\CCCCCCCCCCCCCCCCCCCCCCCCCCCCC(=O)OC(COC(=O)CCCCCCCCCCCCCCCCCCCCCC/C=C\C/C=C\C/C=C\C/C=C\CC)COC(OCC[N+](C)(C)C)C(=O)[O-]. The van der Waals surface area contributed by atoms with Crippen molar-refractivity contribution in [3.05, 3.63) is 97.2 Å². The highest BCUT2D eigenvalue weighted by Gasteiger charge is 2.22. The highest BCUT2D eigenvalue weighted by Crippen LogP contribution is 2.20. The van der Waals surface area contributed by atoms with Gasteiger partial charge in [-0.05, 0) is 89.9 Å². The summed E-state index contributed by atoms with van der Waals surface area (Å²) in [6, 6.07) is 0. The van der Waals surface area contributed by atoms with Crippen molar-refractivity contribution in [3.63, 3.8) is 0 Å². The number of carbonyl (C=O) groups excluding carboxylic acids is 3. The fourth-order valence-electron chi connectivity index (χ4n) is 12.1. The van der Waals surface area contributed by atoms with Gasteiger partial charge in [0.2, 0.25) is 0 Å². The van der Waals surface area contributed by atoms with Crippen LogP contribution in [-0.2, 0) is 33.3 Å². The number of carbonyl (C=O) groups is 3. The minimum Gasteiger partial charge on any atom is -0.545 e. The van der Waals surface area contributed by atoms with E-state index in [1.54, 1.807) is 0 Å². The van der Waals surface area contributed by atoms with Crippen LogP contribution in [0.1, 0.15) is 386 Å². The number of unbranched alkanes of at least 4 members (excludes halogenated alkanes) is 46. The highest BCUT2D eigenvalue weighted by atomic mass is 16.7. The topological polar surface area (TPSA) is 111 Å². The van der Waals surface area contributed by atoms with Crippen molar-refractivity contribution in [1.29, 1.82) is 0 Å². The predicted molar refractivity (Wildman–Crippen MR) is 417 cm³/mol. The fourth-order valence-corrected chi connectivity index (χ4v) is 12.1. The third-order valence-corrected chi connectivity index (χ3v) is 18.3. The molecular weight excluding hydrogens is 1200 g/mol. The number of hydrogen-bond acceptors (Lipinski definition) is 8. The second-order valence-corrected chi connectivity index (χ2v) is 29.0. The minimum atomic E-state index is -1.62. The molecule has 2 unspecified atom stereocenters. The Kier molecular flexibility index (Phi) is 74.9. The van der Waals surface area contributed by atoms with Gasteiger partial charge in [0.05, 0.1) is 40.3 Å². The Hall–Kier alpha value is -3.79. The first-order chi connectivity index (χ1) is 47.6. The van der Waals surface area contributed by atoms with E-state index in [1.807, 2.05) is 21.1 Å². The molecule has 0 fully saturated rings. The molecule has 0 spiro atoms. The van der Waals surface area contributed by atoms with Crippen molar-refractivity contribution in [3.8, 4) is 0 Å². The summed E-state index contributed by atoms with van der Waals surface area (Å²) < 4.78 is 22.9. The zero-order chi connectivity index (χ0) is 70.4. The van der Waals surface area contributed by atoms with Gasteiger partial charge >= 0.3 is 11.9 Å². The lowest BCUT2D eigenvalue weighted by molar-refractivity contribution is -0.870. The van der Waals surface area contributed by atoms with Crippen LogP contribution in [0.5, 0.6) is 0 Å². The van der Waals surface area contributed by atoms with Gasteiger partial charge in [0.25, 0.3) is 0 Å². The number of esters is 2. The van der Waals surface area contributed by atoms with Crippen molar-refractivity contribution in [1.82, 2.24) is 0 Å². The van der Waals surface area contributed by atoms with Gasteiger partial charge in [0, 0.05) is 12.8 Å². The lowest BCUT2D eigenvalue weighted by Gasteiger charge is -2.26. The Morgan fingerprint density at radius 3 is 0.825 bits per heavy atom. The molecule has 0 radical (unpaired) electrons. The molecule has 0 heterocycles. The summed E-state index contributed by atoms with van der Waals surface area (Å²) in [5.41, 5.74) is 0. The van der Waals surface area contributed by atoms with Crippen molar-refractivity contribution < 1.29 is 42.9 Å². The van der Waals surface area contributed by atoms with Gasteiger partial charge in [-0.2, -0.15) is 0 Å². The minimum absolute atomic E-state index is 0.149. The van der Waals surface area contributed by atoms with Crippen molar-refractivity contribution in [2.24, 2.45) is 0 Å². The highest BCUT2D eigenvalue weighted by molar-refractivity contribution is 5.70. The van der Waals surface area contributed by atoms with Crippen molar-refractivity contribution in [2.45, 2.75) is 399 Å². The Morgan fingerprint density at radius 1 is 0.309 bits per heavy atom. The number of likely N-dealkylation sites (N-methyl/N-ethyl adjacent to an activating group) is 1. The van der Waals surface area contributed by atoms with E-state index in [0.29, 0.717) is 23.9 Å². The summed E-state index contributed by atoms with van der Waals surface area (Å²) in [4.78, 5) is 37.6. The van der Waals surface area contributed by atoms with Gasteiger partial charge < -0.3 is 33.3 Å². The maximum absolute atomic E-state index is 13.0. The van der Waals surface area contributed by atoms with Crippen molar-refractivity contribution >= 4 is 17.9 Å². The van der Waals surface area contributed by atoms with Crippen LogP contribution in [0.15, 0.2) is 97.2 Å². The standard InChI is InChI=1S/C88H157NO8/c1-6-8-10-12-14-16-18-20-22-24-26-28-30-32-34-36-38-40-41-42-43-44-45-47-49-51-53-55-57-59-61-63-65-67-69-71-73-75-77-79-86(91)97-84(83-96-88(87(92)93)94-81-80-89(3,4)5)82-95-85(90)78-76-74-72-70-68-66-64-62-60-58-56-54-52-50-48-46-39-37-35-33-31-29-27-25-23-21-19-17-15-13-11-9-7-2/h8-11,14-17,20-23,26-29,84,88H,6-7,12-13,18-19,24-25,30-83H2,1-5H3/b10-8-,11-9-,16-14-,17-15-,22-20-,23-21-,28-26-,29-27-. The molecule has 0 aliphatic rings. The number of carboxylic acids is 1. The average Bonchev–Trinajstić information content (AvgIpc) is 2.39. The molecule has 9 heteroatoms. The Bertz CT molecular complexity index is 1920. The summed E-state index contributed by atoms with van der Waals surface area (Å²) in [7, 11) is 5.95. The predicted octanol–water partition coefficient (Wildman–Crippen LogP) is 25.4. The van der Waals surface area contributed by atoms with Crippen molar-refractivity contribution in [2.75, 3.05) is 47.5 Å². The molecule has 0 aromatic rings. The largest absolute Gasteiger partial charge is 0.545 e. The van der Waals surface area contributed by atoms with E-state index in [1.165, 1.54) is 270 Å². The van der Waals surface area contributed by atoms with E-state index in [0.717, 1.165) is 83.5 Å². The number of aliphatic carboxylic acids is 1.